The highest BCUT2D eigenvalue weighted by molar-refractivity contribution is 5.84. The van der Waals surface area contributed by atoms with Crippen LogP contribution in [0, 0.1) is 5.82 Å². The number of hydrogen-bond donors (Lipinski definition) is 0. The number of ether oxygens (including phenoxy) is 1. The van der Waals surface area contributed by atoms with Crippen LogP contribution in [-0.2, 0) is 20.7 Å². The number of aromatic nitrogens is 1. The number of carbonyl (C=O) groups is 2. The fourth-order valence-corrected chi connectivity index (χ4v) is 3.04. The number of rotatable bonds is 8. The molecule has 0 bridgehead atoms. The first-order valence-electron chi connectivity index (χ1n) is 9.42. The molecule has 152 valence electrons. The van der Waals surface area contributed by atoms with E-state index in [4.69, 9.17) is 9.15 Å². The number of oxazole rings is 1. The van der Waals surface area contributed by atoms with Crippen LogP contribution in [-0.4, -0.2) is 39.9 Å². The monoisotopic (exact) mass is 390 g/mol. The Kier molecular flexibility index (Phi) is 7.31. The molecule has 1 amide bonds. The fraction of sp³-hybridized carbons (Fsp3) is 0.476. The molecular formula is C21H27FN2O4. The van der Waals surface area contributed by atoms with E-state index in [2.05, 4.69) is 4.98 Å². The largest absolute Gasteiger partial charge is 0.453 e. The molecule has 0 saturated carbocycles. The van der Waals surface area contributed by atoms with Gasteiger partial charge in [-0.2, -0.15) is 0 Å². The zero-order valence-corrected chi connectivity index (χ0v) is 16.9. The van der Waals surface area contributed by atoms with Crippen molar-refractivity contribution < 1.29 is 23.1 Å². The van der Waals surface area contributed by atoms with Gasteiger partial charge in [0.1, 0.15) is 5.82 Å². The molecule has 1 heterocycles. The Morgan fingerprint density at radius 3 is 2.39 bits per heavy atom. The Balaban J connectivity index is 1.91. The van der Waals surface area contributed by atoms with Crippen molar-refractivity contribution in [2.75, 3.05) is 0 Å². The third kappa shape index (κ3) is 5.41. The van der Waals surface area contributed by atoms with Gasteiger partial charge in [0.2, 0.25) is 0 Å². The van der Waals surface area contributed by atoms with Crippen molar-refractivity contribution in [3.63, 3.8) is 0 Å². The number of esters is 1. The first-order chi connectivity index (χ1) is 13.2. The lowest BCUT2D eigenvalue weighted by molar-refractivity contribution is -0.161. The summed E-state index contributed by atoms with van der Waals surface area (Å²) in [7, 11) is 0. The normalized spacial score (nSPS) is 12.3. The first-order valence-corrected chi connectivity index (χ1v) is 9.42. The summed E-state index contributed by atoms with van der Waals surface area (Å²) in [5, 5.41) is 0. The van der Waals surface area contributed by atoms with Gasteiger partial charge in [-0.25, -0.2) is 9.37 Å². The molecule has 0 N–H and O–H groups in total. The van der Waals surface area contributed by atoms with E-state index >= 15 is 0 Å². The van der Waals surface area contributed by atoms with Crippen molar-refractivity contribution in [1.82, 2.24) is 9.88 Å². The molecular weight excluding hydrogens is 363 g/mol. The first kappa shape index (κ1) is 21.6. The Bertz CT molecular complexity index is 808. The standard InChI is InChI=1S/C21H27FN2O4/c1-13(2)24(14(3)4)21(26)15(5)27-20(25)11-10-19-23-12-18(28-19)16-8-6-7-9-17(16)22/h6-9,12-15H,10-11H2,1-5H3. The van der Waals surface area contributed by atoms with Gasteiger partial charge in [-0.15, -0.1) is 0 Å². The molecule has 2 aromatic rings. The molecule has 1 aromatic heterocycles. The fourth-order valence-electron chi connectivity index (χ4n) is 3.04. The summed E-state index contributed by atoms with van der Waals surface area (Å²) in [5.41, 5.74) is 0.311. The molecule has 7 heteroatoms. The highest BCUT2D eigenvalue weighted by Crippen LogP contribution is 2.23. The van der Waals surface area contributed by atoms with Gasteiger partial charge in [0.25, 0.3) is 5.91 Å². The Morgan fingerprint density at radius 1 is 1.14 bits per heavy atom. The third-order valence-corrected chi connectivity index (χ3v) is 4.26. The zero-order valence-electron chi connectivity index (χ0n) is 16.9. The second-order valence-corrected chi connectivity index (χ2v) is 7.16. The summed E-state index contributed by atoms with van der Waals surface area (Å²) in [6, 6.07) is 6.25. The molecule has 0 fully saturated rings. The summed E-state index contributed by atoms with van der Waals surface area (Å²) in [6.45, 7) is 9.24. The maximum absolute atomic E-state index is 13.8. The average Bonchev–Trinajstić information content (AvgIpc) is 3.08. The molecule has 1 atom stereocenters. The van der Waals surface area contributed by atoms with Gasteiger partial charge in [-0.05, 0) is 46.8 Å². The number of amides is 1. The van der Waals surface area contributed by atoms with E-state index in [1.54, 1.807) is 30.0 Å². The molecule has 6 nitrogen and oxygen atoms in total. The molecule has 0 radical (unpaired) electrons. The molecule has 0 saturated heterocycles. The van der Waals surface area contributed by atoms with E-state index in [1.807, 2.05) is 27.7 Å². The van der Waals surface area contributed by atoms with Crippen molar-refractivity contribution in [2.45, 2.75) is 65.6 Å². The van der Waals surface area contributed by atoms with Crippen molar-refractivity contribution in [3.05, 3.63) is 42.2 Å². The van der Waals surface area contributed by atoms with Crippen LogP contribution in [0.15, 0.2) is 34.9 Å². The lowest BCUT2D eigenvalue weighted by atomic mass is 10.2. The van der Waals surface area contributed by atoms with Crippen molar-refractivity contribution >= 4 is 11.9 Å². The van der Waals surface area contributed by atoms with E-state index < -0.39 is 17.9 Å². The Morgan fingerprint density at radius 2 is 1.79 bits per heavy atom. The number of carbonyl (C=O) groups excluding carboxylic acids is 2. The van der Waals surface area contributed by atoms with Crippen LogP contribution < -0.4 is 0 Å². The van der Waals surface area contributed by atoms with Gasteiger partial charge >= 0.3 is 5.97 Å². The maximum Gasteiger partial charge on any atom is 0.307 e. The van der Waals surface area contributed by atoms with E-state index in [0.717, 1.165) is 0 Å². The van der Waals surface area contributed by atoms with Crippen LogP contribution in [0.1, 0.15) is 46.9 Å². The maximum atomic E-state index is 13.8. The third-order valence-electron chi connectivity index (χ3n) is 4.26. The lowest BCUT2D eigenvalue weighted by Gasteiger charge is -2.32. The number of hydrogen-bond acceptors (Lipinski definition) is 5. The van der Waals surface area contributed by atoms with Crippen LogP contribution in [0.5, 0.6) is 0 Å². The molecule has 0 spiro atoms. The minimum Gasteiger partial charge on any atom is -0.453 e. The predicted molar refractivity (Wildman–Crippen MR) is 103 cm³/mol. The van der Waals surface area contributed by atoms with Crippen LogP contribution >= 0.6 is 0 Å². The van der Waals surface area contributed by atoms with Gasteiger partial charge in [0, 0.05) is 18.5 Å². The van der Waals surface area contributed by atoms with Crippen LogP contribution in [0.3, 0.4) is 0 Å². The highest BCUT2D eigenvalue weighted by atomic mass is 19.1. The quantitative estimate of drug-likeness (QED) is 0.637. The molecule has 0 aliphatic heterocycles. The summed E-state index contributed by atoms with van der Waals surface area (Å²) >= 11 is 0. The highest BCUT2D eigenvalue weighted by Gasteiger charge is 2.27. The molecule has 28 heavy (non-hydrogen) atoms. The smallest absolute Gasteiger partial charge is 0.307 e. The van der Waals surface area contributed by atoms with Crippen molar-refractivity contribution in [3.8, 4) is 11.3 Å². The SMILES string of the molecule is CC(OC(=O)CCc1ncc(-c2ccccc2F)o1)C(=O)N(C(C)C)C(C)C. The minimum atomic E-state index is -0.865. The Labute approximate surface area is 164 Å². The summed E-state index contributed by atoms with van der Waals surface area (Å²) in [6.07, 6.45) is 0.773. The van der Waals surface area contributed by atoms with Crippen LogP contribution in [0.4, 0.5) is 4.39 Å². The van der Waals surface area contributed by atoms with Gasteiger partial charge in [-0.3, -0.25) is 9.59 Å². The van der Waals surface area contributed by atoms with E-state index in [9.17, 15) is 14.0 Å². The number of aryl methyl sites for hydroxylation is 1. The number of benzene rings is 1. The van der Waals surface area contributed by atoms with E-state index in [-0.39, 0.29) is 30.8 Å². The summed E-state index contributed by atoms with van der Waals surface area (Å²) in [4.78, 5) is 30.4. The van der Waals surface area contributed by atoms with Crippen molar-refractivity contribution in [2.24, 2.45) is 0 Å². The van der Waals surface area contributed by atoms with E-state index in [1.165, 1.54) is 12.3 Å². The average molecular weight is 390 g/mol. The number of halogens is 1. The predicted octanol–water partition coefficient (Wildman–Crippen LogP) is 3.99. The number of nitrogens with zero attached hydrogens (tertiary/aromatic N) is 2. The van der Waals surface area contributed by atoms with Gasteiger partial charge in [0.15, 0.2) is 17.8 Å². The Hall–Kier alpha value is -2.70. The minimum absolute atomic E-state index is 0.0118. The topological polar surface area (TPSA) is 72.6 Å². The van der Waals surface area contributed by atoms with Crippen LogP contribution in [0.25, 0.3) is 11.3 Å². The van der Waals surface area contributed by atoms with E-state index in [0.29, 0.717) is 17.2 Å². The lowest BCUT2D eigenvalue weighted by Crippen LogP contribution is -2.47. The van der Waals surface area contributed by atoms with Gasteiger partial charge in [0.05, 0.1) is 18.2 Å². The van der Waals surface area contributed by atoms with Crippen molar-refractivity contribution in [1.29, 1.82) is 0 Å². The molecule has 0 aliphatic rings. The second-order valence-electron chi connectivity index (χ2n) is 7.16. The van der Waals surface area contributed by atoms with Gasteiger partial charge < -0.3 is 14.1 Å². The molecule has 2 rings (SSSR count). The van der Waals surface area contributed by atoms with Crippen LogP contribution in [0.2, 0.25) is 0 Å². The molecule has 0 aliphatic carbocycles. The van der Waals surface area contributed by atoms with Gasteiger partial charge in [-0.1, -0.05) is 12.1 Å². The summed E-state index contributed by atoms with van der Waals surface area (Å²) in [5.74, 6) is -0.540. The molecule has 1 unspecified atom stereocenters. The second kappa shape index (κ2) is 9.48. The molecule has 1 aromatic carbocycles. The zero-order chi connectivity index (χ0) is 20.8. The summed E-state index contributed by atoms with van der Waals surface area (Å²) < 4.78 is 24.6.